The number of benzene rings is 1. The Hall–Kier alpha value is -1.09. The van der Waals surface area contributed by atoms with Crippen LogP contribution in [-0.4, -0.2) is 19.2 Å². The van der Waals surface area contributed by atoms with E-state index in [1.807, 2.05) is 6.07 Å². The van der Waals surface area contributed by atoms with E-state index in [-0.39, 0.29) is 16.8 Å². The average Bonchev–Trinajstić information content (AvgIpc) is 2.25. The second kappa shape index (κ2) is 5.91. The van der Waals surface area contributed by atoms with Crippen LogP contribution in [0.15, 0.2) is 18.2 Å². The van der Waals surface area contributed by atoms with Crippen molar-refractivity contribution in [1.29, 1.82) is 0 Å². The minimum Gasteiger partial charge on any atom is -0.494 e. The summed E-state index contributed by atoms with van der Waals surface area (Å²) in [6.45, 7) is 11.7. The van der Waals surface area contributed by atoms with Crippen molar-refractivity contribution in [2.45, 2.75) is 46.6 Å². The highest BCUT2D eigenvalue weighted by molar-refractivity contribution is 5.29. The highest BCUT2D eigenvalue weighted by atomic mass is 19.1. The monoisotopic (exact) mass is 267 g/mol. The van der Waals surface area contributed by atoms with E-state index in [1.165, 1.54) is 7.11 Å². The molecule has 2 nitrogen and oxygen atoms in total. The summed E-state index contributed by atoms with van der Waals surface area (Å²) in [5.74, 6) is 0.00829. The predicted octanol–water partition coefficient (Wildman–Crippen LogP) is 3.79. The topological polar surface area (TPSA) is 21.3 Å². The van der Waals surface area contributed by atoms with Crippen molar-refractivity contribution in [2.24, 2.45) is 5.41 Å². The molecule has 0 radical (unpaired) electrons. The minimum absolute atomic E-state index is 0.0777. The second-order valence-corrected chi connectivity index (χ2v) is 6.91. The van der Waals surface area contributed by atoms with Gasteiger partial charge in [-0.3, -0.25) is 0 Å². The zero-order chi connectivity index (χ0) is 14.7. The summed E-state index contributed by atoms with van der Waals surface area (Å²) >= 11 is 0. The normalized spacial score (nSPS) is 12.6. The number of halogens is 1. The van der Waals surface area contributed by atoms with Crippen LogP contribution >= 0.6 is 0 Å². The van der Waals surface area contributed by atoms with Crippen LogP contribution in [0.3, 0.4) is 0 Å². The van der Waals surface area contributed by atoms with Crippen molar-refractivity contribution >= 4 is 0 Å². The molecule has 0 aliphatic rings. The van der Waals surface area contributed by atoms with Gasteiger partial charge in [0.15, 0.2) is 11.6 Å². The molecule has 0 saturated heterocycles. The molecule has 0 fully saturated rings. The van der Waals surface area contributed by atoms with Gasteiger partial charge < -0.3 is 10.1 Å². The summed E-state index contributed by atoms with van der Waals surface area (Å²) in [4.78, 5) is 0. The Morgan fingerprint density at radius 1 is 1.16 bits per heavy atom. The van der Waals surface area contributed by atoms with E-state index in [4.69, 9.17) is 4.74 Å². The first kappa shape index (κ1) is 16.0. The van der Waals surface area contributed by atoms with Crippen molar-refractivity contribution in [3.8, 4) is 5.75 Å². The Bertz CT molecular complexity index is 421. The van der Waals surface area contributed by atoms with E-state index in [2.05, 4.69) is 39.9 Å². The molecule has 108 valence electrons. The number of hydrogen-bond donors (Lipinski definition) is 1. The Morgan fingerprint density at radius 3 is 2.26 bits per heavy atom. The summed E-state index contributed by atoms with van der Waals surface area (Å²) in [7, 11) is 1.48. The third-order valence-corrected chi connectivity index (χ3v) is 3.00. The van der Waals surface area contributed by atoms with Crippen molar-refractivity contribution in [1.82, 2.24) is 5.32 Å². The first-order chi connectivity index (χ1) is 8.63. The van der Waals surface area contributed by atoms with Gasteiger partial charge in [-0.05, 0) is 50.3 Å². The molecule has 1 rings (SSSR count). The molecule has 0 aliphatic carbocycles. The molecule has 3 heteroatoms. The maximum absolute atomic E-state index is 13.7. The van der Waals surface area contributed by atoms with Crippen LogP contribution in [0.4, 0.5) is 4.39 Å². The van der Waals surface area contributed by atoms with Gasteiger partial charge in [-0.2, -0.15) is 0 Å². The molecule has 1 aromatic rings. The molecule has 0 amide bonds. The van der Waals surface area contributed by atoms with Gasteiger partial charge in [0.05, 0.1) is 7.11 Å². The molecule has 0 spiro atoms. The third-order valence-electron chi connectivity index (χ3n) is 3.00. The summed E-state index contributed by atoms with van der Waals surface area (Å²) < 4.78 is 18.6. The molecule has 1 aromatic carbocycles. The lowest BCUT2D eigenvalue weighted by molar-refractivity contribution is 0.288. The summed E-state index contributed by atoms with van der Waals surface area (Å²) in [5.41, 5.74) is 1.18. The van der Waals surface area contributed by atoms with Gasteiger partial charge in [0, 0.05) is 12.1 Å². The molecule has 19 heavy (non-hydrogen) atoms. The van der Waals surface area contributed by atoms with Gasteiger partial charge in [-0.15, -0.1) is 0 Å². The Labute approximate surface area is 116 Å². The summed E-state index contributed by atoms with van der Waals surface area (Å²) in [6, 6.07) is 5.19. The van der Waals surface area contributed by atoms with Gasteiger partial charge in [0.25, 0.3) is 0 Å². The van der Waals surface area contributed by atoms with Crippen molar-refractivity contribution in [3.05, 3.63) is 29.6 Å². The lowest BCUT2D eigenvalue weighted by Crippen LogP contribution is -2.42. The number of nitrogens with one attached hydrogen (secondary N) is 1. The van der Waals surface area contributed by atoms with Crippen LogP contribution in [0.2, 0.25) is 0 Å². The standard InChI is InChI=1S/C16H26FNO/c1-15(2,3)18-11-16(4,5)10-12-7-8-14(19-6)13(17)9-12/h7-9,18H,10-11H2,1-6H3. The van der Waals surface area contributed by atoms with Crippen LogP contribution in [0, 0.1) is 11.2 Å². The molecular formula is C16H26FNO. The predicted molar refractivity (Wildman–Crippen MR) is 78.2 cm³/mol. The maximum Gasteiger partial charge on any atom is 0.165 e. The minimum atomic E-state index is -0.292. The van der Waals surface area contributed by atoms with E-state index < -0.39 is 0 Å². The van der Waals surface area contributed by atoms with Gasteiger partial charge in [-0.1, -0.05) is 19.9 Å². The zero-order valence-corrected chi connectivity index (χ0v) is 12.9. The molecule has 1 N–H and O–H groups in total. The van der Waals surface area contributed by atoms with Gasteiger partial charge in [-0.25, -0.2) is 4.39 Å². The molecule has 0 aliphatic heterocycles. The van der Waals surface area contributed by atoms with Crippen LogP contribution in [-0.2, 0) is 6.42 Å². The molecule has 0 unspecified atom stereocenters. The number of rotatable bonds is 5. The second-order valence-electron chi connectivity index (χ2n) is 6.91. The van der Waals surface area contributed by atoms with E-state index >= 15 is 0 Å². The van der Waals surface area contributed by atoms with Crippen LogP contribution in [0.1, 0.15) is 40.2 Å². The fourth-order valence-electron chi connectivity index (χ4n) is 1.94. The van der Waals surface area contributed by atoms with Crippen molar-refractivity contribution in [3.63, 3.8) is 0 Å². The third kappa shape index (κ3) is 5.60. The lowest BCUT2D eigenvalue weighted by atomic mass is 9.85. The lowest BCUT2D eigenvalue weighted by Gasteiger charge is -2.30. The largest absolute Gasteiger partial charge is 0.494 e. The molecule has 0 heterocycles. The van der Waals surface area contributed by atoms with Crippen molar-refractivity contribution in [2.75, 3.05) is 13.7 Å². The first-order valence-electron chi connectivity index (χ1n) is 6.70. The number of hydrogen-bond acceptors (Lipinski definition) is 2. The van der Waals surface area contributed by atoms with Crippen LogP contribution in [0.5, 0.6) is 5.75 Å². The Morgan fingerprint density at radius 2 is 1.79 bits per heavy atom. The highest BCUT2D eigenvalue weighted by Crippen LogP contribution is 2.25. The number of methoxy groups -OCH3 is 1. The summed E-state index contributed by atoms with van der Waals surface area (Å²) in [5, 5.41) is 3.50. The Balaban J connectivity index is 2.69. The summed E-state index contributed by atoms with van der Waals surface area (Å²) in [6.07, 6.45) is 0.830. The van der Waals surface area contributed by atoms with Crippen LogP contribution < -0.4 is 10.1 Å². The fourth-order valence-corrected chi connectivity index (χ4v) is 1.94. The Kier molecular flexibility index (Phi) is 4.97. The molecule has 0 bridgehead atoms. The van der Waals surface area contributed by atoms with Gasteiger partial charge in [0.1, 0.15) is 0 Å². The zero-order valence-electron chi connectivity index (χ0n) is 12.9. The average molecular weight is 267 g/mol. The van der Waals surface area contributed by atoms with E-state index in [0.717, 1.165) is 18.5 Å². The van der Waals surface area contributed by atoms with Crippen molar-refractivity contribution < 1.29 is 9.13 Å². The molecule has 0 saturated carbocycles. The SMILES string of the molecule is COc1ccc(CC(C)(C)CNC(C)(C)C)cc1F. The van der Waals surface area contributed by atoms with E-state index in [0.29, 0.717) is 5.75 Å². The number of ether oxygens (including phenoxy) is 1. The molecular weight excluding hydrogens is 241 g/mol. The first-order valence-corrected chi connectivity index (χ1v) is 6.70. The van der Waals surface area contributed by atoms with Crippen LogP contribution in [0.25, 0.3) is 0 Å². The van der Waals surface area contributed by atoms with E-state index in [1.54, 1.807) is 12.1 Å². The smallest absolute Gasteiger partial charge is 0.165 e. The fraction of sp³-hybridized carbons (Fsp3) is 0.625. The highest BCUT2D eigenvalue weighted by Gasteiger charge is 2.21. The van der Waals surface area contributed by atoms with Gasteiger partial charge >= 0.3 is 0 Å². The quantitative estimate of drug-likeness (QED) is 0.876. The van der Waals surface area contributed by atoms with Gasteiger partial charge in [0.2, 0.25) is 0 Å². The molecule has 0 atom stereocenters. The van der Waals surface area contributed by atoms with E-state index in [9.17, 15) is 4.39 Å². The maximum atomic E-state index is 13.7. The molecule has 0 aromatic heterocycles.